The summed E-state index contributed by atoms with van der Waals surface area (Å²) in [5.74, 6) is 0.210. The van der Waals surface area contributed by atoms with Gasteiger partial charge in [-0.1, -0.05) is 17.7 Å². The van der Waals surface area contributed by atoms with Crippen molar-refractivity contribution in [1.82, 2.24) is 10.3 Å². The molecule has 1 N–H and O–H groups in total. The summed E-state index contributed by atoms with van der Waals surface area (Å²) in [5, 5.41) is 2.94. The van der Waals surface area contributed by atoms with Crippen LogP contribution in [0.5, 0.6) is 17.4 Å². The van der Waals surface area contributed by atoms with Crippen LogP contribution in [0.3, 0.4) is 0 Å². The molecule has 0 aliphatic carbocycles. The van der Waals surface area contributed by atoms with E-state index < -0.39 is 17.9 Å². The van der Waals surface area contributed by atoms with E-state index in [1.165, 1.54) is 27.4 Å². The van der Waals surface area contributed by atoms with Crippen molar-refractivity contribution in [3.63, 3.8) is 0 Å². The van der Waals surface area contributed by atoms with Crippen LogP contribution in [0.15, 0.2) is 30.3 Å². The number of benzene rings is 1. The Balaban J connectivity index is 2.35. The van der Waals surface area contributed by atoms with E-state index in [4.69, 9.17) is 30.5 Å². The molecule has 0 fully saturated rings. The number of hydrogen-bond donors (Lipinski definition) is 1. The molecule has 1 aromatic heterocycles. The molecule has 8 nitrogen and oxygen atoms in total. The fourth-order valence-electron chi connectivity index (χ4n) is 2.61. The highest BCUT2D eigenvalue weighted by Gasteiger charge is 2.23. The Kier molecular flexibility index (Phi) is 8.09. The van der Waals surface area contributed by atoms with Crippen LogP contribution in [-0.2, 0) is 9.53 Å². The van der Waals surface area contributed by atoms with Crippen molar-refractivity contribution in [2.75, 3.05) is 27.9 Å². The van der Waals surface area contributed by atoms with Crippen LogP contribution >= 0.6 is 11.6 Å². The number of hydrogen-bond acceptors (Lipinski definition) is 7. The number of ether oxygens (including phenoxy) is 4. The predicted octanol–water partition coefficient (Wildman–Crippen LogP) is 3.19. The largest absolute Gasteiger partial charge is 0.493 e. The predicted molar refractivity (Wildman–Crippen MR) is 107 cm³/mol. The minimum absolute atomic E-state index is 0.00652. The Morgan fingerprint density at radius 1 is 1.10 bits per heavy atom. The average Bonchev–Trinajstić information content (AvgIpc) is 2.73. The first-order valence-electron chi connectivity index (χ1n) is 8.82. The standard InChI is InChI=1S/C20H23ClN2O6/c1-5-29-17-9-7-13(21)19(23-17)20(25)22-14(11-18(24)28-4)12-6-8-15(26-2)16(10-12)27-3/h6-10,14H,5,11H2,1-4H3,(H,22,25). The number of nitrogens with zero attached hydrogens (tertiary/aromatic N) is 1. The molecule has 1 amide bonds. The molecule has 0 spiro atoms. The molecule has 29 heavy (non-hydrogen) atoms. The number of methoxy groups -OCH3 is 3. The van der Waals surface area contributed by atoms with E-state index in [1.807, 2.05) is 0 Å². The van der Waals surface area contributed by atoms with E-state index in [0.717, 1.165) is 0 Å². The molecule has 0 saturated heterocycles. The highest BCUT2D eigenvalue weighted by molar-refractivity contribution is 6.33. The van der Waals surface area contributed by atoms with Gasteiger partial charge in [0.15, 0.2) is 17.2 Å². The quantitative estimate of drug-likeness (QED) is 0.620. The summed E-state index contributed by atoms with van der Waals surface area (Å²) in [6, 6.07) is 7.48. The van der Waals surface area contributed by atoms with Gasteiger partial charge in [0.2, 0.25) is 5.88 Å². The lowest BCUT2D eigenvalue weighted by molar-refractivity contribution is -0.141. The summed E-state index contributed by atoms with van der Waals surface area (Å²) >= 11 is 6.13. The van der Waals surface area contributed by atoms with Crippen molar-refractivity contribution < 1.29 is 28.5 Å². The Morgan fingerprint density at radius 2 is 1.83 bits per heavy atom. The van der Waals surface area contributed by atoms with Crippen molar-refractivity contribution in [3.8, 4) is 17.4 Å². The van der Waals surface area contributed by atoms with Gasteiger partial charge in [0, 0.05) is 6.07 Å². The maximum Gasteiger partial charge on any atom is 0.307 e. The molecule has 0 aliphatic rings. The summed E-state index contributed by atoms with van der Waals surface area (Å²) in [5.41, 5.74) is 0.617. The highest BCUT2D eigenvalue weighted by atomic mass is 35.5. The van der Waals surface area contributed by atoms with Gasteiger partial charge in [-0.05, 0) is 30.7 Å². The topological polar surface area (TPSA) is 96.0 Å². The van der Waals surface area contributed by atoms with Gasteiger partial charge in [0.05, 0.1) is 45.4 Å². The molecule has 1 unspecified atom stereocenters. The van der Waals surface area contributed by atoms with E-state index in [9.17, 15) is 9.59 Å². The number of esters is 1. The Bertz CT molecular complexity index is 874. The molecule has 0 saturated carbocycles. The van der Waals surface area contributed by atoms with Crippen molar-refractivity contribution in [2.45, 2.75) is 19.4 Å². The molecule has 1 heterocycles. The SMILES string of the molecule is CCOc1ccc(Cl)c(C(=O)NC(CC(=O)OC)c2ccc(OC)c(OC)c2)n1. The van der Waals surface area contributed by atoms with Crippen LogP contribution in [0, 0.1) is 0 Å². The van der Waals surface area contributed by atoms with E-state index in [1.54, 1.807) is 31.2 Å². The number of halogens is 1. The van der Waals surface area contributed by atoms with Crippen LogP contribution in [0.2, 0.25) is 5.02 Å². The van der Waals surface area contributed by atoms with Crippen molar-refractivity contribution in [3.05, 3.63) is 46.6 Å². The number of carbonyl (C=O) groups excluding carboxylic acids is 2. The molecule has 2 rings (SSSR count). The zero-order valence-corrected chi connectivity index (χ0v) is 17.4. The van der Waals surface area contributed by atoms with Crippen LogP contribution in [0.1, 0.15) is 35.4 Å². The van der Waals surface area contributed by atoms with Gasteiger partial charge in [-0.3, -0.25) is 9.59 Å². The molecular formula is C20H23ClN2O6. The summed E-state index contributed by atoms with van der Waals surface area (Å²) in [7, 11) is 4.29. The normalized spacial score (nSPS) is 11.3. The zero-order valence-electron chi connectivity index (χ0n) is 16.7. The number of pyridine rings is 1. The fraction of sp³-hybridized carbons (Fsp3) is 0.350. The van der Waals surface area contributed by atoms with E-state index in [-0.39, 0.29) is 23.0 Å². The molecule has 0 aliphatic heterocycles. The van der Waals surface area contributed by atoms with Gasteiger partial charge in [0.25, 0.3) is 5.91 Å². The van der Waals surface area contributed by atoms with Gasteiger partial charge in [-0.25, -0.2) is 4.98 Å². The molecule has 1 atom stereocenters. The van der Waals surface area contributed by atoms with Crippen molar-refractivity contribution in [2.24, 2.45) is 0 Å². The summed E-state index contributed by atoms with van der Waals surface area (Å²) in [6.07, 6.45) is -0.0967. The second-order valence-corrected chi connectivity index (χ2v) is 6.24. The van der Waals surface area contributed by atoms with Gasteiger partial charge in [-0.2, -0.15) is 0 Å². The minimum Gasteiger partial charge on any atom is -0.493 e. The summed E-state index contributed by atoms with van der Waals surface area (Å²) in [6.45, 7) is 2.20. The highest BCUT2D eigenvalue weighted by Crippen LogP contribution is 2.31. The van der Waals surface area contributed by atoms with Crippen LogP contribution in [0.25, 0.3) is 0 Å². The van der Waals surface area contributed by atoms with Gasteiger partial charge < -0.3 is 24.3 Å². The lowest BCUT2D eigenvalue weighted by atomic mass is 10.0. The van der Waals surface area contributed by atoms with Gasteiger partial charge >= 0.3 is 5.97 Å². The first kappa shape index (κ1) is 22.3. The first-order chi connectivity index (χ1) is 13.9. The van der Waals surface area contributed by atoms with Crippen molar-refractivity contribution >= 4 is 23.5 Å². The minimum atomic E-state index is -0.705. The number of aromatic nitrogens is 1. The molecule has 0 bridgehead atoms. The molecular weight excluding hydrogens is 400 g/mol. The molecule has 9 heteroatoms. The van der Waals surface area contributed by atoms with E-state index >= 15 is 0 Å². The summed E-state index contributed by atoms with van der Waals surface area (Å²) in [4.78, 5) is 28.9. The first-order valence-corrected chi connectivity index (χ1v) is 9.20. The van der Waals surface area contributed by atoms with Crippen LogP contribution in [0.4, 0.5) is 0 Å². The van der Waals surface area contributed by atoms with E-state index in [0.29, 0.717) is 23.7 Å². The lowest BCUT2D eigenvalue weighted by Gasteiger charge is -2.20. The molecule has 0 radical (unpaired) electrons. The van der Waals surface area contributed by atoms with Gasteiger partial charge in [-0.15, -0.1) is 0 Å². The Hall–Kier alpha value is -3.00. The van der Waals surface area contributed by atoms with Gasteiger partial charge in [0.1, 0.15) is 0 Å². The van der Waals surface area contributed by atoms with Crippen molar-refractivity contribution in [1.29, 1.82) is 0 Å². The van der Waals surface area contributed by atoms with E-state index in [2.05, 4.69) is 10.3 Å². The third-order valence-corrected chi connectivity index (χ3v) is 4.35. The second-order valence-electron chi connectivity index (χ2n) is 5.83. The average molecular weight is 423 g/mol. The maximum atomic E-state index is 12.8. The number of carbonyl (C=O) groups is 2. The molecule has 1 aromatic carbocycles. The molecule has 156 valence electrons. The smallest absolute Gasteiger partial charge is 0.307 e. The monoisotopic (exact) mass is 422 g/mol. The third-order valence-electron chi connectivity index (χ3n) is 4.04. The zero-order chi connectivity index (χ0) is 21.4. The Labute approximate surface area is 174 Å². The number of nitrogens with one attached hydrogen (secondary N) is 1. The third kappa shape index (κ3) is 5.74. The molecule has 2 aromatic rings. The fourth-order valence-corrected chi connectivity index (χ4v) is 2.80. The second kappa shape index (κ2) is 10.5. The summed E-state index contributed by atoms with van der Waals surface area (Å²) < 4.78 is 20.6. The Morgan fingerprint density at radius 3 is 2.45 bits per heavy atom. The van der Waals surface area contributed by atoms with Crippen LogP contribution in [-0.4, -0.2) is 44.8 Å². The van der Waals surface area contributed by atoms with Crippen LogP contribution < -0.4 is 19.5 Å². The lowest BCUT2D eigenvalue weighted by Crippen LogP contribution is -2.31. The number of rotatable bonds is 9. The maximum absolute atomic E-state index is 12.8. The number of amides is 1.